The fourth-order valence-corrected chi connectivity index (χ4v) is 4.32. The summed E-state index contributed by atoms with van der Waals surface area (Å²) in [6.45, 7) is -0.103. The van der Waals surface area contributed by atoms with Gasteiger partial charge in [0.2, 0.25) is 9.84 Å². The van der Waals surface area contributed by atoms with Gasteiger partial charge in [0.15, 0.2) is 0 Å². The lowest BCUT2D eigenvalue weighted by Crippen LogP contribution is -2.09. The minimum atomic E-state index is -3.71. The smallest absolute Gasteiger partial charge is 0.206 e. The molecule has 0 spiro atoms. The number of halogens is 1. The molecular weight excluding hydrogens is 386 g/mol. The molecule has 3 N–H and O–H groups in total. The van der Waals surface area contributed by atoms with Crippen LogP contribution in [0.4, 0.5) is 5.69 Å². The van der Waals surface area contributed by atoms with Gasteiger partial charge >= 0.3 is 0 Å². The number of sulfone groups is 1. The van der Waals surface area contributed by atoms with Crippen LogP contribution in [0.2, 0.25) is 5.02 Å². The van der Waals surface area contributed by atoms with E-state index in [4.69, 9.17) is 11.6 Å². The maximum absolute atomic E-state index is 13.0. The molecule has 3 rings (SSSR count). The number of anilines is 1. The summed E-state index contributed by atoms with van der Waals surface area (Å²) in [4.78, 5) is 0.335. The second-order valence-electron chi connectivity index (χ2n) is 5.89. The molecule has 0 aliphatic rings. The third kappa shape index (κ3) is 4.08. The van der Waals surface area contributed by atoms with Gasteiger partial charge in [-0.25, -0.2) is 8.42 Å². The van der Waals surface area contributed by atoms with Gasteiger partial charge in [-0.3, -0.25) is 0 Å². The molecule has 3 aromatic rings. The van der Waals surface area contributed by atoms with Gasteiger partial charge in [-0.15, -0.1) is 0 Å². The first kappa shape index (κ1) is 19.2. The number of phenols is 1. The minimum absolute atomic E-state index is 0.0574. The second-order valence-corrected chi connectivity index (χ2v) is 8.24. The monoisotopic (exact) mass is 403 g/mol. The first-order chi connectivity index (χ1) is 12.9. The number of rotatable bonds is 6. The quantitative estimate of drug-likeness (QED) is 0.542. The van der Waals surface area contributed by atoms with E-state index in [9.17, 15) is 18.6 Å². The van der Waals surface area contributed by atoms with Gasteiger partial charge in [0.25, 0.3) is 0 Å². The molecule has 0 aliphatic heterocycles. The molecule has 0 radical (unpaired) electrons. The zero-order chi connectivity index (χ0) is 19.4. The van der Waals surface area contributed by atoms with Crippen LogP contribution in [0.3, 0.4) is 0 Å². The summed E-state index contributed by atoms with van der Waals surface area (Å²) >= 11 is 5.85. The highest BCUT2D eigenvalue weighted by molar-refractivity contribution is 7.91. The second kappa shape index (κ2) is 8.00. The average Bonchev–Trinajstić information content (AvgIpc) is 2.68. The van der Waals surface area contributed by atoms with Gasteiger partial charge in [-0.1, -0.05) is 41.9 Å². The Balaban J connectivity index is 1.92. The number of nitrogens with one attached hydrogen (secondary N) is 1. The van der Waals surface area contributed by atoms with Gasteiger partial charge < -0.3 is 15.5 Å². The van der Waals surface area contributed by atoms with Crippen LogP contribution in [-0.4, -0.2) is 18.6 Å². The predicted octanol–water partition coefficient (Wildman–Crippen LogP) is 3.98. The van der Waals surface area contributed by atoms with Crippen LogP contribution < -0.4 is 5.32 Å². The first-order valence-electron chi connectivity index (χ1n) is 8.17. The number of hydrogen-bond donors (Lipinski definition) is 3. The Hall–Kier alpha value is -2.54. The van der Waals surface area contributed by atoms with Crippen molar-refractivity contribution in [2.45, 2.75) is 22.9 Å². The molecule has 0 aliphatic carbocycles. The van der Waals surface area contributed by atoms with Crippen molar-refractivity contribution < 1.29 is 18.6 Å². The van der Waals surface area contributed by atoms with E-state index in [1.54, 1.807) is 42.5 Å². The molecule has 5 nitrogen and oxygen atoms in total. The van der Waals surface area contributed by atoms with Gasteiger partial charge in [-0.2, -0.15) is 0 Å². The number of benzene rings is 3. The molecule has 0 fully saturated rings. The van der Waals surface area contributed by atoms with Crippen LogP contribution in [-0.2, 0) is 23.0 Å². The third-order valence-corrected chi connectivity index (χ3v) is 6.27. The van der Waals surface area contributed by atoms with Crippen molar-refractivity contribution in [3.8, 4) is 5.75 Å². The highest BCUT2D eigenvalue weighted by Crippen LogP contribution is 2.30. The van der Waals surface area contributed by atoms with Crippen molar-refractivity contribution in [2.24, 2.45) is 0 Å². The van der Waals surface area contributed by atoms with Crippen LogP contribution in [0.15, 0.2) is 76.5 Å². The van der Waals surface area contributed by atoms with E-state index in [0.717, 1.165) is 0 Å². The van der Waals surface area contributed by atoms with Gasteiger partial charge in [0.1, 0.15) is 5.75 Å². The lowest BCUT2D eigenvalue weighted by Gasteiger charge is -2.14. The Morgan fingerprint density at radius 1 is 0.889 bits per heavy atom. The number of aliphatic hydroxyl groups is 1. The van der Waals surface area contributed by atoms with Crippen LogP contribution in [0.25, 0.3) is 0 Å². The Labute approximate surface area is 162 Å². The molecule has 0 saturated carbocycles. The molecule has 140 valence electrons. The summed E-state index contributed by atoms with van der Waals surface area (Å²) in [6, 6.07) is 17.7. The SMILES string of the molecule is O=S(=O)(c1ccc(Cl)cc1)c1ccccc1CNc1cccc(CO)c1O. The fraction of sp³-hybridized carbons (Fsp3) is 0.100. The number of para-hydroxylation sites is 1. The average molecular weight is 404 g/mol. The maximum atomic E-state index is 13.0. The Kier molecular flexibility index (Phi) is 5.70. The highest BCUT2D eigenvalue weighted by atomic mass is 35.5. The number of hydrogen-bond acceptors (Lipinski definition) is 5. The third-order valence-electron chi connectivity index (χ3n) is 4.15. The van der Waals surface area contributed by atoms with E-state index in [1.807, 2.05) is 0 Å². The molecule has 0 unspecified atom stereocenters. The highest BCUT2D eigenvalue weighted by Gasteiger charge is 2.21. The summed E-state index contributed by atoms with van der Waals surface area (Å²) in [5.41, 5.74) is 1.36. The normalized spacial score (nSPS) is 11.3. The molecule has 0 aromatic heterocycles. The van der Waals surface area contributed by atoms with Crippen LogP contribution >= 0.6 is 11.6 Å². The zero-order valence-corrected chi connectivity index (χ0v) is 15.8. The topological polar surface area (TPSA) is 86.6 Å². The van der Waals surface area contributed by atoms with Crippen molar-refractivity contribution in [1.82, 2.24) is 0 Å². The van der Waals surface area contributed by atoms with Crippen molar-refractivity contribution in [3.05, 3.63) is 82.9 Å². The van der Waals surface area contributed by atoms with Crippen molar-refractivity contribution in [2.75, 3.05) is 5.32 Å². The van der Waals surface area contributed by atoms with Crippen LogP contribution in [0.1, 0.15) is 11.1 Å². The maximum Gasteiger partial charge on any atom is 0.206 e. The van der Waals surface area contributed by atoms with Crippen molar-refractivity contribution in [3.63, 3.8) is 0 Å². The Morgan fingerprint density at radius 3 is 2.26 bits per heavy atom. The van der Waals surface area contributed by atoms with Crippen LogP contribution in [0, 0.1) is 0 Å². The molecule has 0 amide bonds. The van der Waals surface area contributed by atoms with E-state index in [-0.39, 0.29) is 28.7 Å². The Morgan fingerprint density at radius 2 is 1.56 bits per heavy atom. The first-order valence-corrected chi connectivity index (χ1v) is 10.0. The van der Waals surface area contributed by atoms with E-state index in [2.05, 4.69) is 5.32 Å². The summed E-state index contributed by atoms with van der Waals surface area (Å²) in [6.07, 6.45) is 0. The summed E-state index contributed by atoms with van der Waals surface area (Å²) in [7, 11) is -3.71. The summed E-state index contributed by atoms with van der Waals surface area (Å²) in [5, 5.41) is 22.9. The van der Waals surface area contributed by atoms with E-state index < -0.39 is 9.84 Å². The van der Waals surface area contributed by atoms with Gasteiger partial charge in [0.05, 0.1) is 22.1 Å². The fourth-order valence-electron chi connectivity index (χ4n) is 2.70. The zero-order valence-electron chi connectivity index (χ0n) is 14.3. The van der Waals surface area contributed by atoms with E-state index >= 15 is 0 Å². The standard InChI is InChI=1S/C20H18ClNO4S/c21-16-8-10-17(11-9-16)27(25,26)19-7-2-1-4-14(19)12-22-18-6-3-5-15(13-23)20(18)24/h1-11,22-24H,12-13H2. The number of aromatic hydroxyl groups is 1. The predicted molar refractivity (Wildman–Crippen MR) is 105 cm³/mol. The molecule has 27 heavy (non-hydrogen) atoms. The molecule has 0 saturated heterocycles. The molecule has 0 heterocycles. The molecule has 7 heteroatoms. The van der Waals surface area contributed by atoms with E-state index in [1.165, 1.54) is 24.3 Å². The molecule has 0 bridgehead atoms. The number of aliphatic hydroxyl groups excluding tert-OH is 1. The lowest BCUT2D eigenvalue weighted by molar-refractivity contribution is 0.276. The minimum Gasteiger partial charge on any atom is -0.505 e. The van der Waals surface area contributed by atoms with E-state index in [0.29, 0.717) is 21.8 Å². The Bertz CT molecular complexity index is 1050. The molecular formula is C20H18ClNO4S. The van der Waals surface area contributed by atoms with Crippen LogP contribution in [0.5, 0.6) is 5.75 Å². The molecule has 0 atom stereocenters. The molecule has 3 aromatic carbocycles. The summed E-state index contributed by atoms with van der Waals surface area (Å²) in [5.74, 6) is -0.0574. The lowest BCUT2D eigenvalue weighted by atomic mass is 10.1. The van der Waals surface area contributed by atoms with Gasteiger partial charge in [0, 0.05) is 17.1 Å². The van der Waals surface area contributed by atoms with Crippen molar-refractivity contribution >= 4 is 27.1 Å². The summed E-state index contributed by atoms with van der Waals surface area (Å²) < 4.78 is 26.0. The largest absolute Gasteiger partial charge is 0.505 e. The van der Waals surface area contributed by atoms with Gasteiger partial charge in [-0.05, 0) is 42.0 Å². The van der Waals surface area contributed by atoms with Crippen molar-refractivity contribution in [1.29, 1.82) is 0 Å².